The van der Waals surface area contributed by atoms with E-state index >= 15 is 0 Å². The van der Waals surface area contributed by atoms with Crippen LogP contribution >= 0.6 is 22.9 Å². The quantitative estimate of drug-likeness (QED) is 0.384. The number of aromatic nitrogens is 5. The monoisotopic (exact) mass is 509 g/mol. The van der Waals surface area contributed by atoms with Crippen LogP contribution in [0.3, 0.4) is 0 Å². The summed E-state index contributed by atoms with van der Waals surface area (Å²) in [5.74, 6) is 0.142. The van der Waals surface area contributed by atoms with Gasteiger partial charge in [0.1, 0.15) is 28.7 Å². The number of aromatic amines is 1. The number of rotatable bonds is 4. The molecular weight excluding hydrogens is 489 g/mol. The average molecular weight is 510 g/mol. The molecule has 1 fully saturated rings. The van der Waals surface area contributed by atoms with E-state index in [0.29, 0.717) is 42.2 Å². The van der Waals surface area contributed by atoms with Gasteiger partial charge in [-0.3, -0.25) is 4.79 Å². The third-order valence-electron chi connectivity index (χ3n) is 6.36. The molecule has 11 heteroatoms. The number of benzene rings is 1. The van der Waals surface area contributed by atoms with Crippen molar-refractivity contribution in [1.82, 2.24) is 29.4 Å². The maximum atomic E-state index is 13.9. The first kappa shape index (κ1) is 22.0. The van der Waals surface area contributed by atoms with E-state index in [0.717, 1.165) is 16.0 Å². The van der Waals surface area contributed by atoms with Crippen LogP contribution in [0.5, 0.6) is 0 Å². The van der Waals surface area contributed by atoms with Crippen molar-refractivity contribution in [2.24, 2.45) is 0 Å². The van der Waals surface area contributed by atoms with Gasteiger partial charge in [0.05, 0.1) is 21.6 Å². The standard InChI is InChI=1S/C24H21ClFN7OS/c1-14-11-32(7-8-33(14)20(34)12-31-6-4-15-3-2-5-27-23(15)31)24-21(28-13-35-24)22-29-18-9-16(25)17(26)10-19(18)30-22/h2-6,9-10,13-14H,7-8,11-12H2,1H3,(H,29,30). The van der Waals surface area contributed by atoms with Gasteiger partial charge >= 0.3 is 0 Å². The van der Waals surface area contributed by atoms with E-state index in [4.69, 9.17) is 11.6 Å². The van der Waals surface area contributed by atoms with E-state index in [1.807, 2.05) is 33.9 Å². The molecule has 1 unspecified atom stereocenters. The number of thiazole rings is 1. The van der Waals surface area contributed by atoms with Gasteiger partial charge in [0.25, 0.3) is 0 Å². The third kappa shape index (κ3) is 3.92. The van der Waals surface area contributed by atoms with Gasteiger partial charge in [-0.2, -0.15) is 0 Å². The number of carbonyl (C=O) groups is 1. The number of carbonyl (C=O) groups excluding carboxylic acids is 1. The minimum atomic E-state index is -0.494. The minimum absolute atomic E-state index is 0.0181. The fourth-order valence-electron chi connectivity index (χ4n) is 4.64. The summed E-state index contributed by atoms with van der Waals surface area (Å²) < 4.78 is 15.8. The molecule has 0 bridgehead atoms. The van der Waals surface area contributed by atoms with Crippen LogP contribution in [0.15, 0.2) is 48.2 Å². The number of fused-ring (bicyclic) bond motifs is 2. The number of halogens is 2. The lowest BCUT2D eigenvalue weighted by Crippen LogP contribution is -2.54. The lowest BCUT2D eigenvalue weighted by molar-refractivity contribution is -0.134. The summed E-state index contributed by atoms with van der Waals surface area (Å²) in [4.78, 5) is 34.0. The Kier molecular flexibility index (Phi) is 5.42. The number of nitrogens with one attached hydrogen (secondary N) is 1. The van der Waals surface area contributed by atoms with Gasteiger partial charge in [0, 0.05) is 49.5 Å². The number of imidazole rings is 1. The van der Waals surface area contributed by atoms with Crippen molar-refractivity contribution in [3.8, 4) is 11.5 Å². The molecule has 1 aliphatic heterocycles. The molecule has 0 radical (unpaired) electrons. The summed E-state index contributed by atoms with van der Waals surface area (Å²) in [6, 6.07) is 8.73. The molecule has 0 aliphatic carbocycles. The Morgan fingerprint density at radius 2 is 2.17 bits per heavy atom. The summed E-state index contributed by atoms with van der Waals surface area (Å²) in [5, 5.41) is 2.02. The summed E-state index contributed by atoms with van der Waals surface area (Å²) in [6.45, 7) is 4.27. The number of hydrogen-bond donors (Lipinski definition) is 1. The summed E-state index contributed by atoms with van der Waals surface area (Å²) in [6.07, 6.45) is 3.65. The minimum Gasteiger partial charge on any atom is -0.358 e. The summed E-state index contributed by atoms with van der Waals surface area (Å²) >= 11 is 7.44. The van der Waals surface area contributed by atoms with Crippen molar-refractivity contribution >= 4 is 55.9 Å². The van der Waals surface area contributed by atoms with E-state index in [-0.39, 0.29) is 23.5 Å². The van der Waals surface area contributed by atoms with Crippen LogP contribution in [0.1, 0.15) is 6.92 Å². The van der Waals surface area contributed by atoms with Gasteiger partial charge in [-0.05, 0) is 31.2 Å². The van der Waals surface area contributed by atoms with Crippen LogP contribution in [0.4, 0.5) is 9.39 Å². The van der Waals surface area contributed by atoms with Crippen molar-refractivity contribution in [2.45, 2.75) is 19.5 Å². The second-order valence-electron chi connectivity index (χ2n) is 8.62. The van der Waals surface area contributed by atoms with Crippen LogP contribution in [0, 0.1) is 5.82 Å². The summed E-state index contributed by atoms with van der Waals surface area (Å²) in [7, 11) is 0. The van der Waals surface area contributed by atoms with Gasteiger partial charge in [-0.25, -0.2) is 19.3 Å². The molecule has 1 amide bonds. The van der Waals surface area contributed by atoms with Crippen molar-refractivity contribution < 1.29 is 9.18 Å². The maximum absolute atomic E-state index is 13.9. The normalized spacial score (nSPS) is 16.5. The maximum Gasteiger partial charge on any atom is 0.242 e. The zero-order chi connectivity index (χ0) is 24.1. The molecule has 1 aromatic carbocycles. The fourth-order valence-corrected chi connectivity index (χ4v) is 5.63. The lowest BCUT2D eigenvalue weighted by Gasteiger charge is -2.40. The van der Waals surface area contributed by atoms with E-state index in [1.54, 1.807) is 11.7 Å². The lowest BCUT2D eigenvalue weighted by atomic mass is 10.2. The average Bonchev–Trinajstić information content (AvgIpc) is 3.58. The second-order valence-corrected chi connectivity index (χ2v) is 9.86. The summed E-state index contributed by atoms with van der Waals surface area (Å²) in [5.41, 5.74) is 4.45. The van der Waals surface area contributed by atoms with Gasteiger partial charge in [-0.15, -0.1) is 11.3 Å². The van der Waals surface area contributed by atoms with Crippen LogP contribution in [0.25, 0.3) is 33.6 Å². The number of hydrogen-bond acceptors (Lipinski definition) is 6. The van der Waals surface area contributed by atoms with Crippen LogP contribution in [-0.4, -0.2) is 61.0 Å². The first-order chi connectivity index (χ1) is 17.0. The van der Waals surface area contributed by atoms with Gasteiger partial charge in [-0.1, -0.05) is 11.6 Å². The number of amides is 1. The molecule has 0 saturated carbocycles. The number of pyridine rings is 1. The van der Waals surface area contributed by atoms with E-state index in [1.165, 1.54) is 23.5 Å². The molecule has 5 aromatic rings. The highest BCUT2D eigenvalue weighted by molar-refractivity contribution is 7.14. The second kappa shape index (κ2) is 8.62. The molecule has 4 aromatic heterocycles. The Labute approximate surface area is 209 Å². The molecular formula is C24H21ClFN7OS. The van der Waals surface area contributed by atoms with Crippen LogP contribution < -0.4 is 4.90 Å². The molecule has 8 nitrogen and oxygen atoms in total. The zero-order valence-electron chi connectivity index (χ0n) is 18.8. The Morgan fingerprint density at radius 3 is 3.03 bits per heavy atom. The Balaban J connectivity index is 1.19. The van der Waals surface area contributed by atoms with Crippen LogP contribution in [0.2, 0.25) is 5.02 Å². The Morgan fingerprint density at radius 1 is 1.29 bits per heavy atom. The first-order valence-electron chi connectivity index (χ1n) is 11.2. The highest BCUT2D eigenvalue weighted by atomic mass is 35.5. The number of nitrogens with zero attached hydrogens (tertiary/aromatic N) is 6. The smallest absolute Gasteiger partial charge is 0.242 e. The molecule has 178 valence electrons. The first-order valence-corrected chi connectivity index (χ1v) is 12.5. The molecule has 1 saturated heterocycles. The number of anilines is 1. The van der Waals surface area contributed by atoms with E-state index in [9.17, 15) is 9.18 Å². The number of piperazine rings is 1. The van der Waals surface area contributed by atoms with Gasteiger partial charge in [0.15, 0.2) is 5.82 Å². The number of H-pyrrole nitrogens is 1. The zero-order valence-corrected chi connectivity index (χ0v) is 20.4. The molecule has 1 atom stereocenters. The molecule has 35 heavy (non-hydrogen) atoms. The Bertz CT molecular complexity index is 1520. The highest BCUT2D eigenvalue weighted by Gasteiger charge is 2.30. The molecule has 1 N–H and O–H groups in total. The van der Waals surface area contributed by atoms with Gasteiger partial charge in [0.2, 0.25) is 5.91 Å². The van der Waals surface area contributed by atoms with E-state index < -0.39 is 5.82 Å². The Hall–Kier alpha value is -3.50. The van der Waals surface area contributed by atoms with Crippen molar-refractivity contribution in [3.05, 3.63) is 59.1 Å². The predicted octanol–water partition coefficient (Wildman–Crippen LogP) is 4.57. The van der Waals surface area contributed by atoms with Crippen molar-refractivity contribution in [2.75, 3.05) is 24.5 Å². The van der Waals surface area contributed by atoms with Crippen molar-refractivity contribution in [1.29, 1.82) is 0 Å². The predicted molar refractivity (Wildman–Crippen MR) is 135 cm³/mol. The highest BCUT2D eigenvalue weighted by Crippen LogP contribution is 2.35. The molecule has 6 rings (SSSR count). The fraction of sp³-hybridized carbons (Fsp3) is 0.250. The van der Waals surface area contributed by atoms with Crippen LogP contribution in [-0.2, 0) is 11.3 Å². The topological polar surface area (TPSA) is 82.9 Å². The van der Waals surface area contributed by atoms with Gasteiger partial charge < -0.3 is 19.4 Å². The SMILES string of the molecule is CC1CN(c2scnc2-c2nc3cc(Cl)c(F)cc3[nH]2)CCN1C(=O)Cn1ccc2cccnc21. The molecule has 0 spiro atoms. The molecule has 1 aliphatic rings. The van der Waals surface area contributed by atoms with Crippen molar-refractivity contribution in [3.63, 3.8) is 0 Å². The largest absolute Gasteiger partial charge is 0.358 e. The third-order valence-corrected chi connectivity index (χ3v) is 7.54. The molecule has 5 heterocycles. The van der Waals surface area contributed by atoms with E-state index in [2.05, 4.69) is 31.8 Å².